The van der Waals surface area contributed by atoms with E-state index < -0.39 is 46.5 Å². The molecule has 1 aliphatic heterocycles. The summed E-state index contributed by atoms with van der Waals surface area (Å²) in [6.45, 7) is 7.72. The van der Waals surface area contributed by atoms with Crippen LogP contribution < -0.4 is 4.72 Å². The molecule has 4 atom stereocenters. The predicted molar refractivity (Wildman–Crippen MR) is 107 cm³/mol. The normalized spacial score (nSPS) is 24.5. The van der Waals surface area contributed by atoms with Crippen LogP contribution in [0.2, 0.25) is 0 Å². The van der Waals surface area contributed by atoms with Crippen molar-refractivity contribution in [2.75, 3.05) is 6.61 Å². The average molecular weight is 444 g/mol. The lowest BCUT2D eigenvalue weighted by atomic mass is 9.99. The minimum Gasteiger partial charge on any atom is -0.463 e. The van der Waals surface area contributed by atoms with Crippen molar-refractivity contribution in [1.82, 2.24) is 4.72 Å². The Morgan fingerprint density at radius 1 is 1.17 bits per heavy atom. The fourth-order valence-electron chi connectivity index (χ4n) is 3.10. The Balaban J connectivity index is 2.32. The number of nitrogens with one attached hydrogen (secondary N) is 1. The second kappa shape index (κ2) is 10.3. The molecule has 1 aromatic carbocycles. The van der Waals surface area contributed by atoms with Gasteiger partial charge in [-0.25, -0.2) is 13.1 Å². The Hall–Kier alpha value is -2.01. The van der Waals surface area contributed by atoms with Crippen molar-refractivity contribution in [3.8, 4) is 0 Å². The zero-order valence-corrected chi connectivity index (χ0v) is 18.6. The van der Waals surface area contributed by atoms with Gasteiger partial charge in [0, 0.05) is 20.3 Å². The molecule has 0 amide bonds. The minimum atomic E-state index is -3.91. The number of rotatable bonds is 8. The van der Waals surface area contributed by atoms with Gasteiger partial charge in [0.2, 0.25) is 10.0 Å². The fraction of sp³-hybridized carbons (Fsp3) is 0.600. The zero-order valence-electron chi connectivity index (χ0n) is 17.8. The summed E-state index contributed by atoms with van der Waals surface area (Å²) >= 11 is 0. The molecule has 1 fully saturated rings. The topological polar surface area (TPSA) is 117 Å². The van der Waals surface area contributed by atoms with Gasteiger partial charge < -0.3 is 18.9 Å². The molecule has 0 saturated carbocycles. The Bertz CT molecular complexity index is 837. The van der Waals surface area contributed by atoms with Gasteiger partial charge in [0.1, 0.15) is 18.8 Å². The van der Waals surface area contributed by atoms with Crippen molar-refractivity contribution in [3.05, 3.63) is 29.8 Å². The van der Waals surface area contributed by atoms with Crippen LogP contribution in [-0.2, 0) is 38.6 Å². The van der Waals surface area contributed by atoms with Gasteiger partial charge in [-0.15, -0.1) is 0 Å². The van der Waals surface area contributed by atoms with E-state index in [1.807, 2.05) is 20.8 Å². The van der Waals surface area contributed by atoms with Gasteiger partial charge in [0.15, 0.2) is 6.29 Å². The molecule has 0 spiro atoms. The van der Waals surface area contributed by atoms with Crippen LogP contribution >= 0.6 is 0 Å². The average Bonchev–Trinajstić information content (AvgIpc) is 2.61. The molecule has 1 aliphatic rings. The summed E-state index contributed by atoms with van der Waals surface area (Å²) in [4.78, 5) is 23.0. The summed E-state index contributed by atoms with van der Waals surface area (Å²) in [5.41, 5.74) is 0.921. The second-order valence-corrected chi connectivity index (χ2v) is 9.16. The van der Waals surface area contributed by atoms with E-state index in [9.17, 15) is 18.0 Å². The van der Waals surface area contributed by atoms with Crippen LogP contribution in [0, 0.1) is 6.92 Å². The molecule has 0 radical (unpaired) electrons. The van der Waals surface area contributed by atoms with Gasteiger partial charge in [0.05, 0.1) is 17.0 Å². The Labute approximate surface area is 177 Å². The van der Waals surface area contributed by atoms with Gasteiger partial charge >= 0.3 is 11.9 Å². The first-order valence-corrected chi connectivity index (χ1v) is 11.2. The molecule has 1 N–H and O–H groups in total. The second-order valence-electron chi connectivity index (χ2n) is 7.44. The number of sulfonamides is 1. The molecular weight excluding hydrogens is 414 g/mol. The van der Waals surface area contributed by atoms with E-state index in [1.54, 1.807) is 12.1 Å². The molecular formula is C20H29NO8S. The van der Waals surface area contributed by atoms with E-state index in [4.69, 9.17) is 18.9 Å². The first kappa shape index (κ1) is 24.3. The van der Waals surface area contributed by atoms with Gasteiger partial charge in [-0.2, -0.15) is 0 Å². The standard InChI is InChI=1S/C20H29NO8S/c1-12(2)27-19-10-17(21-30(24,25)16-8-6-13(3)7-9-16)20(28-15(5)23)18(29-19)11-26-14(4)22/h6-9,12,17-21H,10-11H2,1-5H3/t17-,18+,19-,20-/m0/s1. The number of esters is 2. The molecule has 1 heterocycles. The van der Waals surface area contributed by atoms with Crippen molar-refractivity contribution in [1.29, 1.82) is 0 Å². The summed E-state index contributed by atoms with van der Waals surface area (Å²) in [6.07, 6.45) is -2.76. The number of hydrogen-bond donors (Lipinski definition) is 1. The summed E-state index contributed by atoms with van der Waals surface area (Å²) in [7, 11) is -3.91. The van der Waals surface area contributed by atoms with E-state index in [1.165, 1.54) is 26.0 Å². The lowest BCUT2D eigenvalue weighted by Crippen LogP contribution is -2.59. The van der Waals surface area contributed by atoms with E-state index in [-0.39, 0.29) is 24.0 Å². The number of hydrogen-bond acceptors (Lipinski definition) is 8. The Kier molecular flexibility index (Phi) is 8.36. The van der Waals surface area contributed by atoms with Gasteiger partial charge in [-0.3, -0.25) is 9.59 Å². The molecule has 1 saturated heterocycles. The third-order valence-electron chi connectivity index (χ3n) is 4.35. The summed E-state index contributed by atoms with van der Waals surface area (Å²) < 4.78 is 50.4. The maximum atomic E-state index is 12.9. The Morgan fingerprint density at radius 3 is 2.33 bits per heavy atom. The van der Waals surface area contributed by atoms with Crippen LogP contribution in [0.3, 0.4) is 0 Å². The summed E-state index contributed by atoms with van der Waals surface area (Å²) in [5.74, 6) is -1.15. The number of benzene rings is 1. The smallest absolute Gasteiger partial charge is 0.303 e. The predicted octanol–water partition coefficient (Wildman–Crippen LogP) is 1.68. The third kappa shape index (κ3) is 7.05. The third-order valence-corrected chi connectivity index (χ3v) is 5.86. The van der Waals surface area contributed by atoms with E-state index in [0.717, 1.165) is 5.56 Å². The molecule has 0 bridgehead atoms. The highest BCUT2D eigenvalue weighted by Gasteiger charge is 2.44. The number of carbonyl (C=O) groups is 2. The Morgan fingerprint density at radius 2 is 1.80 bits per heavy atom. The molecule has 30 heavy (non-hydrogen) atoms. The lowest BCUT2D eigenvalue weighted by Gasteiger charge is -2.41. The first-order valence-electron chi connectivity index (χ1n) is 9.68. The SMILES string of the molecule is CC(=O)OC[C@H]1O[C@H](OC(C)C)C[C@H](NS(=O)(=O)c2ccc(C)cc2)[C@@H]1OC(C)=O. The largest absolute Gasteiger partial charge is 0.463 e. The number of carbonyl (C=O) groups excluding carboxylic acids is 2. The summed E-state index contributed by atoms with van der Waals surface area (Å²) in [6, 6.07) is 5.53. The van der Waals surface area contributed by atoms with Crippen molar-refractivity contribution in [3.63, 3.8) is 0 Å². The van der Waals surface area contributed by atoms with Crippen molar-refractivity contribution >= 4 is 22.0 Å². The molecule has 0 aliphatic carbocycles. The van der Waals surface area contributed by atoms with Crippen LogP contribution in [0.25, 0.3) is 0 Å². The molecule has 0 unspecified atom stereocenters. The van der Waals surface area contributed by atoms with Gasteiger partial charge in [-0.1, -0.05) is 17.7 Å². The van der Waals surface area contributed by atoms with Crippen LogP contribution in [-0.4, -0.2) is 57.6 Å². The van der Waals surface area contributed by atoms with E-state index in [0.29, 0.717) is 0 Å². The van der Waals surface area contributed by atoms with Crippen LogP contribution in [0.5, 0.6) is 0 Å². The van der Waals surface area contributed by atoms with Crippen molar-refractivity contribution in [2.45, 2.75) is 76.6 Å². The quantitative estimate of drug-likeness (QED) is 0.603. The highest BCUT2D eigenvalue weighted by atomic mass is 32.2. The monoisotopic (exact) mass is 443 g/mol. The maximum Gasteiger partial charge on any atom is 0.303 e. The van der Waals surface area contributed by atoms with E-state index in [2.05, 4.69) is 4.72 Å². The molecule has 10 heteroatoms. The maximum absolute atomic E-state index is 12.9. The minimum absolute atomic E-state index is 0.0824. The fourth-order valence-corrected chi connectivity index (χ4v) is 4.36. The van der Waals surface area contributed by atoms with Crippen LogP contribution in [0.15, 0.2) is 29.2 Å². The van der Waals surface area contributed by atoms with Crippen molar-refractivity contribution in [2.24, 2.45) is 0 Å². The molecule has 168 valence electrons. The molecule has 0 aromatic heterocycles. The zero-order chi connectivity index (χ0) is 22.5. The first-order chi connectivity index (χ1) is 14.0. The van der Waals surface area contributed by atoms with E-state index >= 15 is 0 Å². The van der Waals surface area contributed by atoms with Crippen LogP contribution in [0.1, 0.15) is 39.7 Å². The van der Waals surface area contributed by atoms with Gasteiger partial charge in [0.25, 0.3) is 0 Å². The summed E-state index contributed by atoms with van der Waals surface area (Å²) in [5, 5.41) is 0. The van der Waals surface area contributed by atoms with Crippen LogP contribution in [0.4, 0.5) is 0 Å². The van der Waals surface area contributed by atoms with Crippen molar-refractivity contribution < 1.29 is 37.0 Å². The highest BCUT2D eigenvalue weighted by Crippen LogP contribution is 2.27. The number of aryl methyl sites for hydroxylation is 1. The molecule has 9 nitrogen and oxygen atoms in total. The lowest BCUT2D eigenvalue weighted by molar-refractivity contribution is -0.252. The van der Waals surface area contributed by atoms with Gasteiger partial charge in [-0.05, 0) is 32.9 Å². The molecule has 1 aromatic rings. The molecule has 2 rings (SSSR count). The highest BCUT2D eigenvalue weighted by molar-refractivity contribution is 7.89. The number of ether oxygens (including phenoxy) is 4.